The minimum atomic E-state index is -1.49. The summed E-state index contributed by atoms with van der Waals surface area (Å²) in [7, 11) is 0. The Labute approximate surface area is 190 Å². The molecule has 1 aliphatic heterocycles. The summed E-state index contributed by atoms with van der Waals surface area (Å²) < 4.78 is 7.62. The molecule has 0 radical (unpaired) electrons. The summed E-state index contributed by atoms with van der Waals surface area (Å²) in [5.74, 6) is 0.885. The van der Waals surface area contributed by atoms with E-state index in [1.807, 2.05) is 77.4 Å². The van der Waals surface area contributed by atoms with Crippen molar-refractivity contribution in [1.82, 2.24) is 14.8 Å². The molecule has 3 aromatic carbocycles. The topological polar surface area (TPSA) is 121 Å². The van der Waals surface area contributed by atoms with Crippen LogP contribution >= 0.6 is 0 Å². The van der Waals surface area contributed by atoms with E-state index >= 15 is 0 Å². The van der Waals surface area contributed by atoms with E-state index in [1.165, 1.54) is 0 Å². The lowest BCUT2D eigenvalue weighted by atomic mass is 9.94. The van der Waals surface area contributed by atoms with Gasteiger partial charge in [0.1, 0.15) is 30.5 Å². The monoisotopic (exact) mass is 447 g/mol. The molecule has 8 nitrogen and oxygen atoms in total. The van der Waals surface area contributed by atoms with Gasteiger partial charge in [-0.3, -0.25) is 0 Å². The number of hydrogen-bond acceptors (Lipinski definition) is 7. The van der Waals surface area contributed by atoms with E-state index in [-0.39, 0.29) is 0 Å². The van der Waals surface area contributed by atoms with Crippen LogP contribution in [0.25, 0.3) is 22.2 Å². The van der Waals surface area contributed by atoms with E-state index in [0.29, 0.717) is 18.2 Å². The molecule has 1 aliphatic rings. The van der Waals surface area contributed by atoms with Gasteiger partial charge >= 0.3 is 0 Å². The number of aromatic nitrogens is 3. The lowest BCUT2D eigenvalue weighted by Gasteiger charge is -2.39. The molecule has 1 saturated heterocycles. The van der Waals surface area contributed by atoms with Gasteiger partial charge in [0.25, 0.3) is 0 Å². The van der Waals surface area contributed by atoms with Crippen LogP contribution in [0.4, 0.5) is 0 Å². The van der Waals surface area contributed by atoms with Crippen molar-refractivity contribution in [3.05, 3.63) is 84.2 Å². The number of fused-ring (bicyclic) bond motifs is 1. The molecule has 2 heterocycles. The van der Waals surface area contributed by atoms with Crippen LogP contribution in [-0.4, -0.2) is 66.2 Å². The van der Waals surface area contributed by atoms with Gasteiger partial charge in [-0.2, -0.15) is 0 Å². The zero-order chi connectivity index (χ0) is 22.9. The fourth-order valence-electron chi connectivity index (χ4n) is 4.30. The first-order valence-electron chi connectivity index (χ1n) is 10.8. The lowest BCUT2D eigenvalue weighted by molar-refractivity contribution is -0.234. The van der Waals surface area contributed by atoms with Crippen molar-refractivity contribution < 1.29 is 25.2 Å². The van der Waals surface area contributed by atoms with E-state index in [2.05, 4.69) is 10.2 Å². The molecule has 0 aliphatic carbocycles. The summed E-state index contributed by atoms with van der Waals surface area (Å²) >= 11 is 0. The number of nitrogens with zero attached hydrogens (tertiary/aromatic N) is 3. The van der Waals surface area contributed by atoms with Gasteiger partial charge in [-0.05, 0) is 22.4 Å². The molecule has 0 saturated carbocycles. The molecular formula is C25H25N3O5. The highest BCUT2D eigenvalue weighted by molar-refractivity contribution is 5.86. The highest BCUT2D eigenvalue weighted by Gasteiger charge is 2.46. The number of aliphatic hydroxyl groups excluding tert-OH is 4. The second-order valence-electron chi connectivity index (χ2n) is 8.26. The van der Waals surface area contributed by atoms with Crippen molar-refractivity contribution in [2.45, 2.75) is 37.1 Å². The van der Waals surface area contributed by atoms with Crippen LogP contribution in [0.5, 0.6) is 0 Å². The predicted octanol–water partition coefficient (Wildman–Crippen LogP) is 1.66. The first-order chi connectivity index (χ1) is 16.1. The Kier molecular flexibility index (Phi) is 5.92. The molecule has 0 bridgehead atoms. The summed E-state index contributed by atoms with van der Waals surface area (Å²) in [6.45, 7) is -0.105. The zero-order valence-electron chi connectivity index (χ0n) is 17.8. The standard InChI is InChI=1S/C25H25N3O5/c29-14-19-20(30)21(31)22(32)23(33-19)25-27-26-24(28(25)13-15-6-2-1-3-7-15)18-11-10-16-8-4-5-9-17(16)12-18/h1-12,19-23,29-32H,13-14H2/t19-,20-,21+,22-,23-/m1/s1. The molecule has 170 valence electrons. The second kappa shape index (κ2) is 9.01. The van der Waals surface area contributed by atoms with Crippen molar-refractivity contribution in [2.24, 2.45) is 0 Å². The fraction of sp³-hybridized carbons (Fsp3) is 0.280. The number of rotatable bonds is 5. The van der Waals surface area contributed by atoms with Crippen LogP contribution in [0.2, 0.25) is 0 Å². The molecule has 1 fully saturated rings. The van der Waals surface area contributed by atoms with Crippen LogP contribution in [0.15, 0.2) is 72.8 Å². The Morgan fingerprint density at radius 1 is 0.788 bits per heavy atom. The number of hydrogen-bond donors (Lipinski definition) is 4. The third-order valence-electron chi connectivity index (χ3n) is 6.12. The summed E-state index contributed by atoms with van der Waals surface area (Å²) in [5.41, 5.74) is 1.83. The second-order valence-corrected chi connectivity index (χ2v) is 8.26. The Bertz CT molecular complexity index is 1240. The molecule has 1 aromatic heterocycles. The van der Waals surface area contributed by atoms with E-state index in [0.717, 1.165) is 21.9 Å². The Hall–Kier alpha value is -3.14. The molecule has 4 N–H and O–H groups in total. The average Bonchev–Trinajstić information content (AvgIpc) is 3.26. The number of aliphatic hydroxyl groups is 4. The SMILES string of the molecule is OC[C@H]1O[C@@H](c2nnc(-c3ccc4ccccc4c3)n2Cc2ccccc2)[C@H](O)[C@@H](O)[C@@H]1O. The first-order valence-corrected chi connectivity index (χ1v) is 10.8. The third kappa shape index (κ3) is 4.03. The van der Waals surface area contributed by atoms with Gasteiger partial charge in [0, 0.05) is 5.56 Å². The molecule has 4 aromatic rings. The Morgan fingerprint density at radius 3 is 2.27 bits per heavy atom. The van der Waals surface area contributed by atoms with Gasteiger partial charge in [0.2, 0.25) is 0 Å². The van der Waals surface area contributed by atoms with Gasteiger partial charge < -0.3 is 29.7 Å². The zero-order valence-corrected chi connectivity index (χ0v) is 17.8. The quantitative estimate of drug-likeness (QED) is 0.367. The molecule has 0 spiro atoms. The average molecular weight is 447 g/mol. The van der Waals surface area contributed by atoms with Crippen LogP contribution in [0.1, 0.15) is 17.5 Å². The maximum atomic E-state index is 10.7. The van der Waals surface area contributed by atoms with E-state index in [1.54, 1.807) is 0 Å². The van der Waals surface area contributed by atoms with Gasteiger partial charge in [-0.25, -0.2) is 0 Å². The number of ether oxygens (including phenoxy) is 1. The van der Waals surface area contributed by atoms with Crippen molar-refractivity contribution in [1.29, 1.82) is 0 Å². The first kappa shape index (κ1) is 21.7. The Morgan fingerprint density at radius 2 is 1.52 bits per heavy atom. The molecule has 5 rings (SSSR count). The van der Waals surface area contributed by atoms with Crippen molar-refractivity contribution in [2.75, 3.05) is 6.61 Å². The van der Waals surface area contributed by atoms with Gasteiger partial charge in [0.05, 0.1) is 13.2 Å². The molecule has 0 unspecified atom stereocenters. The molecule has 33 heavy (non-hydrogen) atoms. The van der Waals surface area contributed by atoms with E-state index in [9.17, 15) is 20.4 Å². The minimum absolute atomic E-state index is 0.305. The van der Waals surface area contributed by atoms with Crippen LogP contribution in [0.3, 0.4) is 0 Å². The van der Waals surface area contributed by atoms with Crippen molar-refractivity contribution >= 4 is 10.8 Å². The Balaban J connectivity index is 1.61. The largest absolute Gasteiger partial charge is 0.394 e. The summed E-state index contributed by atoms with van der Waals surface area (Å²) in [5, 5.41) is 51.7. The highest BCUT2D eigenvalue weighted by Crippen LogP contribution is 2.34. The summed E-state index contributed by atoms with van der Waals surface area (Å²) in [6.07, 6.45) is -6.48. The fourth-order valence-corrected chi connectivity index (χ4v) is 4.30. The van der Waals surface area contributed by atoms with E-state index in [4.69, 9.17) is 4.74 Å². The highest BCUT2D eigenvalue weighted by atomic mass is 16.5. The molecule has 0 amide bonds. The summed E-state index contributed by atoms with van der Waals surface area (Å²) in [4.78, 5) is 0. The van der Waals surface area contributed by atoms with Gasteiger partial charge in [0.15, 0.2) is 11.6 Å². The van der Waals surface area contributed by atoms with Crippen LogP contribution in [-0.2, 0) is 11.3 Å². The summed E-state index contributed by atoms with van der Waals surface area (Å²) in [6, 6.07) is 23.8. The van der Waals surface area contributed by atoms with Gasteiger partial charge in [-0.15, -0.1) is 10.2 Å². The maximum Gasteiger partial charge on any atom is 0.165 e. The van der Waals surface area contributed by atoms with E-state index < -0.39 is 37.1 Å². The smallest absolute Gasteiger partial charge is 0.165 e. The lowest BCUT2D eigenvalue weighted by Crippen LogP contribution is -2.55. The van der Waals surface area contributed by atoms with Crippen LogP contribution in [0, 0.1) is 0 Å². The van der Waals surface area contributed by atoms with Gasteiger partial charge in [-0.1, -0.05) is 66.7 Å². The number of benzene rings is 3. The maximum absolute atomic E-state index is 10.7. The molecular weight excluding hydrogens is 422 g/mol. The van der Waals surface area contributed by atoms with Crippen molar-refractivity contribution in [3.8, 4) is 11.4 Å². The minimum Gasteiger partial charge on any atom is -0.394 e. The molecule has 8 heteroatoms. The molecule has 5 atom stereocenters. The van der Waals surface area contributed by atoms with Crippen molar-refractivity contribution in [3.63, 3.8) is 0 Å². The predicted molar refractivity (Wildman–Crippen MR) is 121 cm³/mol. The third-order valence-corrected chi connectivity index (χ3v) is 6.12. The van der Waals surface area contributed by atoms with Crippen LogP contribution < -0.4 is 0 Å². The normalized spacial score (nSPS) is 25.4.